The first-order valence-corrected chi connectivity index (χ1v) is 8.39. The van der Waals surface area contributed by atoms with Gasteiger partial charge in [-0.25, -0.2) is 9.50 Å². The normalized spacial score (nSPS) is 11.1. The largest absolute Gasteiger partial charge is 0.378 e. The van der Waals surface area contributed by atoms with Gasteiger partial charge in [-0.05, 0) is 48.6 Å². The van der Waals surface area contributed by atoms with Gasteiger partial charge in [0.15, 0.2) is 5.65 Å². The number of pyridine rings is 1. The maximum Gasteiger partial charge on any atom is 0.178 e. The average Bonchev–Trinajstić information content (AvgIpc) is 2.93. The molecule has 2 heterocycles. The highest BCUT2D eigenvalue weighted by molar-refractivity contribution is 6.17. The molecule has 1 N–H and O–H groups in total. The minimum absolute atomic E-state index is 0.452. The molecule has 4 nitrogen and oxygen atoms in total. The van der Waals surface area contributed by atoms with E-state index in [9.17, 15) is 0 Å². The van der Waals surface area contributed by atoms with Gasteiger partial charge in [0.05, 0.1) is 5.69 Å². The predicted octanol–water partition coefficient (Wildman–Crippen LogP) is 4.26. The quantitative estimate of drug-likeness (QED) is 0.712. The summed E-state index contributed by atoms with van der Waals surface area (Å²) in [4.78, 5) is 4.51. The smallest absolute Gasteiger partial charge is 0.178 e. The van der Waals surface area contributed by atoms with Crippen LogP contribution in [-0.2, 0) is 18.8 Å². The Balaban J connectivity index is 1.96. The molecule has 2 aromatic heterocycles. The standard InChI is InChI=1S/C18H21ClN4/c1-4-15-7-5-6-12(2)16(15)10-20-17-8-14(9-19)11-23-18(17)21-13(3)22-23/h5-8,11,20H,4,9-10H2,1-3H3. The molecule has 0 amide bonds. The van der Waals surface area contributed by atoms with Crippen LogP contribution in [0.5, 0.6) is 0 Å². The highest BCUT2D eigenvalue weighted by Gasteiger charge is 2.10. The van der Waals surface area contributed by atoms with E-state index in [0.29, 0.717) is 5.88 Å². The number of anilines is 1. The second-order valence-corrected chi connectivity index (χ2v) is 6.01. The van der Waals surface area contributed by atoms with Gasteiger partial charge in [0.1, 0.15) is 5.82 Å². The van der Waals surface area contributed by atoms with Crippen molar-refractivity contribution >= 4 is 22.9 Å². The molecule has 0 fully saturated rings. The highest BCUT2D eigenvalue weighted by Crippen LogP contribution is 2.22. The third kappa shape index (κ3) is 3.17. The number of alkyl halides is 1. The van der Waals surface area contributed by atoms with Crippen molar-refractivity contribution < 1.29 is 0 Å². The van der Waals surface area contributed by atoms with E-state index in [0.717, 1.165) is 35.7 Å². The molecule has 120 valence electrons. The molecule has 0 spiro atoms. The summed E-state index contributed by atoms with van der Waals surface area (Å²) in [6.07, 6.45) is 2.96. The van der Waals surface area contributed by atoms with Crippen LogP contribution in [0.2, 0.25) is 0 Å². The number of nitrogens with one attached hydrogen (secondary N) is 1. The number of aryl methyl sites for hydroxylation is 3. The molecule has 23 heavy (non-hydrogen) atoms. The van der Waals surface area contributed by atoms with Gasteiger partial charge < -0.3 is 5.32 Å². The Morgan fingerprint density at radius 1 is 1.26 bits per heavy atom. The summed E-state index contributed by atoms with van der Waals surface area (Å²) in [6.45, 7) is 7.01. The zero-order valence-corrected chi connectivity index (χ0v) is 14.5. The number of aromatic nitrogens is 3. The molecule has 5 heteroatoms. The van der Waals surface area contributed by atoms with Crippen molar-refractivity contribution in [3.8, 4) is 0 Å². The van der Waals surface area contributed by atoms with Crippen LogP contribution in [0.3, 0.4) is 0 Å². The molecule has 0 aliphatic heterocycles. The lowest BCUT2D eigenvalue weighted by Crippen LogP contribution is -2.07. The molecular formula is C18H21ClN4. The van der Waals surface area contributed by atoms with E-state index < -0.39 is 0 Å². The van der Waals surface area contributed by atoms with Gasteiger partial charge in [0, 0.05) is 18.6 Å². The molecule has 3 aromatic rings. The van der Waals surface area contributed by atoms with Crippen LogP contribution in [0.4, 0.5) is 5.69 Å². The third-order valence-corrected chi connectivity index (χ3v) is 4.40. The fraction of sp³-hybridized carbons (Fsp3) is 0.333. The van der Waals surface area contributed by atoms with Gasteiger partial charge in [-0.3, -0.25) is 0 Å². The van der Waals surface area contributed by atoms with E-state index in [2.05, 4.69) is 53.5 Å². The maximum atomic E-state index is 6.01. The molecular weight excluding hydrogens is 308 g/mol. The Hall–Kier alpha value is -2.07. The lowest BCUT2D eigenvalue weighted by Gasteiger charge is -2.14. The fourth-order valence-corrected chi connectivity index (χ4v) is 3.03. The first-order valence-electron chi connectivity index (χ1n) is 7.85. The number of benzene rings is 1. The summed E-state index contributed by atoms with van der Waals surface area (Å²) >= 11 is 6.01. The SMILES string of the molecule is CCc1cccc(C)c1CNc1cc(CCl)cn2nc(C)nc12. The molecule has 0 bridgehead atoms. The third-order valence-electron chi connectivity index (χ3n) is 4.09. The molecule has 0 aliphatic rings. The number of nitrogens with zero attached hydrogens (tertiary/aromatic N) is 3. The number of hydrogen-bond donors (Lipinski definition) is 1. The molecule has 3 rings (SSSR count). The molecule has 0 saturated carbocycles. The Labute approximate surface area is 141 Å². The Kier molecular flexibility index (Phi) is 4.53. The summed E-state index contributed by atoms with van der Waals surface area (Å²) in [5.74, 6) is 1.21. The molecule has 0 unspecified atom stereocenters. The maximum absolute atomic E-state index is 6.01. The van der Waals surface area contributed by atoms with E-state index in [4.69, 9.17) is 11.6 Å². The van der Waals surface area contributed by atoms with E-state index in [1.807, 2.05) is 13.1 Å². The lowest BCUT2D eigenvalue weighted by molar-refractivity contribution is 0.920. The molecule has 0 aliphatic carbocycles. The molecule has 0 saturated heterocycles. The van der Waals surface area contributed by atoms with Crippen molar-refractivity contribution in [1.29, 1.82) is 0 Å². The topological polar surface area (TPSA) is 42.2 Å². The second-order valence-electron chi connectivity index (χ2n) is 5.74. The summed E-state index contributed by atoms with van der Waals surface area (Å²) in [6, 6.07) is 8.52. The number of hydrogen-bond acceptors (Lipinski definition) is 3. The highest BCUT2D eigenvalue weighted by atomic mass is 35.5. The van der Waals surface area contributed by atoms with Crippen LogP contribution in [0.1, 0.15) is 35.0 Å². The van der Waals surface area contributed by atoms with Crippen LogP contribution >= 0.6 is 11.6 Å². The van der Waals surface area contributed by atoms with Gasteiger partial charge >= 0.3 is 0 Å². The Morgan fingerprint density at radius 2 is 2.09 bits per heavy atom. The van der Waals surface area contributed by atoms with Crippen LogP contribution in [0, 0.1) is 13.8 Å². The van der Waals surface area contributed by atoms with Crippen LogP contribution in [-0.4, -0.2) is 14.6 Å². The van der Waals surface area contributed by atoms with E-state index in [1.54, 1.807) is 4.52 Å². The summed E-state index contributed by atoms with van der Waals surface area (Å²) in [5, 5.41) is 7.92. The molecule has 0 radical (unpaired) electrons. The number of fused-ring (bicyclic) bond motifs is 1. The van der Waals surface area contributed by atoms with Gasteiger partial charge in [0.2, 0.25) is 0 Å². The average molecular weight is 329 g/mol. The predicted molar refractivity (Wildman–Crippen MR) is 95.2 cm³/mol. The van der Waals surface area contributed by atoms with Gasteiger partial charge in [-0.1, -0.05) is 25.1 Å². The van der Waals surface area contributed by atoms with Crippen molar-refractivity contribution in [1.82, 2.24) is 14.6 Å². The number of rotatable bonds is 5. The van der Waals surface area contributed by atoms with Crippen LogP contribution in [0.15, 0.2) is 30.5 Å². The van der Waals surface area contributed by atoms with Gasteiger partial charge in [-0.2, -0.15) is 5.10 Å². The monoisotopic (exact) mass is 328 g/mol. The van der Waals surface area contributed by atoms with E-state index in [1.165, 1.54) is 16.7 Å². The molecule has 0 atom stereocenters. The van der Waals surface area contributed by atoms with E-state index >= 15 is 0 Å². The van der Waals surface area contributed by atoms with Crippen molar-refractivity contribution in [2.24, 2.45) is 0 Å². The first kappa shape index (κ1) is 15.8. The van der Waals surface area contributed by atoms with Crippen molar-refractivity contribution in [2.75, 3.05) is 5.32 Å². The zero-order valence-electron chi connectivity index (χ0n) is 13.7. The summed E-state index contributed by atoms with van der Waals surface area (Å²) < 4.78 is 1.80. The summed E-state index contributed by atoms with van der Waals surface area (Å²) in [5.41, 5.74) is 6.85. The number of halogens is 1. The van der Waals surface area contributed by atoms with Crippen molar-refractivity contribution in [3.05, 3.63) is 58.5 Å². The Bertz CT molecular complexity index is 838. The second kappa shape index (κ2) is 6.59. The van der Waals surface area contributed by atoms with Gasteiger partial charge in [0.25, 0.3) is 0 Å². The fourth-order valence-electron chi connectivity index (χ4n) is 2.88. The summed E-state index contributed by atoms with van der Waals surface area (Å²) in [7, 11) is 0. The lowest BCUT2D eigenvalue weighted by atomic mass is 10.00. The van der Waals surface area contributed by atoms with Crippen molar-refractivity contribution in [3.63, 3.8) is 0 Å². The molecule has 1 aromatic carbocycles. The minimum atomic E-state index is 0.452. The zero-order chi connectivity index (χ0) is 16.4. The van der Waals surface area contributed by atoms with Crippen LogP contribution < -0.4 is 5.32 Å². The first-order chi connectivity index (χ1) is 11.1. The van der Waals surface area contributed by atoms with E-state index in [-0.39, 0.29) is 0 Å². The Morgan fingerprint density at radius 3 is 2.83 bits per heavy atom. The van der Waals surface area contributed by atoms with Crippen LogP contribution in [0.25, 0.3) is 5.65 Å². The minimum Gasteiger partial charge on any atom is -0.378 e. The van der Waals surface area contributed by atoms with Gasteiger partial charge in [-0.15, -0.1) is 11.6 Å². The van der Waals surface area contributed by atoms with Crippen molar-refractivity contribution in [2.45, 2.75) is 39.6 Å².